The molecular formula is C26H29BrN4O4. The fourth-order valence-electron chi connectivity index (χ4n) is 4.27. The number of hydrogen-bond acceptors (Lipinski definition) is 6. The molecule has 1 aliphatic rings. The molecule has 0 N–H and O–H groups in total. The maximum atomic E-state index is 13.5. The van der Waals surface area contributed by atoms with E-state index in [2.05, 4.69) is 21.0 Å². The van der Waals surface area contributed by atoms with Crippen molar-refractivity contribution in [2.75, 3.05) is 6.61 Å². The molecular weight excluding hydrogens is 512 g/mol. The van der Waals surface area contributed by atoms with Crippen LogP contribution in [0, 0.1) is 15.5 Å². The largest absolute Gasteiger partial charge is 0.486 e. The van der Waals surface area contributed by atoms with E-state index < -0.39 is 4.92 Å². The summed E-state index contributed by atoms with van der Waals surface area (Å²) in [6, 6.07) is 10.4. The first-order valence-corrected chi connectivity index (χ1v) is 12.6. The lowest BCUT2D eigenvalue weighted by atomic mass is 9.88. The van der Waals surface area contributed by atoms with Gasteiger partial charge in [0.1, 0.15) is 5.82 Å². The molecule has 1 saturated carbocycles. The second-order valence-corrected chi connectivity index (χ2v) is 11.0. The molecule has 0 atom stereocenters. The van der Waals surface area contributed by atoms with Gasteiger partial charge >= 0.3 is 5.69 Å². The number of ether oxygens (including phenoxy) is 1. The zero-order chi connectivity index (χ0) is 25.2. The van der Waals surface area contributed by atoms with Crippen LogP contribution >= 0.6 is 15.9 Å². The minimum atomic E-state index is -0.475. The van der Waals surface area contributed by atoms with Crippen LogP contribution in [0.5, 0.6) is 5.75 Å². The van der Waals surface area contributed by atoms with Crippen molar-refractivity contribution in [3.8, 4) is 5.75 Å². The highest BCUT2D eigenvalue weighted by molar-refractivity contribution is 9.10. The molecule has 184 valence electrons. The first-order chi connectivity index (χ1) is 16.6. The summed E-state index contributed by atoms with van der Waals surface area (Å²) in [5.74, 6) is 0.885. The molecule has 0 spiro atoms. The summed E-state index contributed by atoms with van der Waals surface area (Å²) in [4.78, 5) is 29.6. The number of hydrogen-bond donors (Lipinski definition) is 0. The van der Waals surface area contributed by atoms with E-state index in [1.54, 1.807) is 18.2 Å². The number of nitrogens with zero attached hydrogens (tertiary/aromatic N) is 4. The van der Waals surface area contributed by atoms with Crippen LogP contribution in [0.25, 0.3) is 10.9 Å². The Morgan fingerprint density at radius 3 is 2.63 bits per heavy atom. The van der Waals surface area contributed by atoms with Gasteiger partial charge in [-0.15, -0.1) is 0 Å². The number of rotatable bonds is 6. The maximum Gasteiger partial charge on any atom is 0.312 e. The standard InChI is InChI=1S/C26H29BrN4O4/c1-26(2,3)16-35-23-18(13-19(27)14-22(23)31(33)34)15-28-30-24(17-9-5-4-6-10-17)29-21-12-8-7-11-20(21)25(30)32/h7-8,11-15,17H,4-6,9-10,16H2,1-3H3. The molecule has 0 unspecified atom stereocenters. The Hall–Kier alpha value is -3.07. The third kappa shape index (κ3) is 5.78. The highest BCUT2D eigenvalue weighted by Gasteiger charge is 2.24. The van der Waals surface area contributed by atoms with Gasteiger partial charge in [-0.3, -0.25) is 14.9 Å². The maximum absolute atomic E-state index is 13.5. The molecule has 2 aromatic carbocycles. The second-order valence-electron chi connectivity index (χ2n) is 10.1. The number of nitro groups is 1. The molecule has 1 fully saturated rings. The summed E-state index contributed by atoms with van der Waals surface area (Å²) < 4.78 is 7.81. The topological polar surface area (TPSA) is 99.6 Å². The van der Waals surface area contributed by atoms with Gasteiger partial charge in [0, 0.05) is 22.0 Å². The Labute approximate surface area is 212 Å². The van der Waals surface area contributed by atoms with Gasteiger partial charge in [-0.2, -0.15) is 9.78 Å². The SMILES string of the molecule is CC(C)(C)COc1c(C=Nn2c(C3CCCCC3)nc3ccccc3c2=O)cc(Br)cc1[N+](=O)[O-]. The quantitative estimate of drug-likeness (QED) is 0.204. The molecule has 9 heteroatoms. The van der Waals surface area contributed by atoms with Crippen LogP contribution in [-0.4, -0.2) is 27.4 Å². The van der Waals surface area contributed by atoms with Gasteiger partial charge < -0.3 is 4.74 Å². The molecule has 3 aromatic rings. The van der Waals surface area contributed by atoms with Gasteiger partial charge in [0.25, 0.3) is 5.56 Å². The minimum absolute atomic E-state index is 0.123. The van der Waals surface area contributed by atoms with Crippen molar-refractivity contribution in [1.82, 2.24) is 9.66 Å². The van der Waals surface area contributed by atoms with Crippen LogP contribution in [-0.2, 0) is 0 Å². The highest BCUT2D eigenvalue weighted by atomic mass is 79.9. The first kappa shape index (κ1) is 25.0. The van der Waals surface area contributed by atoms with Crippen molar-refractivity contribution in [2.24, 2.45) is 10.5 Å². The van der Waals surface area contributed by atoms with E-state index in [4.69, 9.17) is 9.72 Å². The predicted molar refractivity (Wildman–Crippen MR) is 141 cm³/mol. The van der Waals surface area contributed by atoms with Gasteiger partial charge in [-0.1, -0.05) is 68.1 Å². The molecule has 0 saturated heterocycles. The second kappa shape index (κ2) is 10.3. The van der Waals surface area contributed by atoms with Crippen LogP contribution in [0.1, 0.15) is 70.2 Å². The van der Waals surface area contributed by atoms with Crippen molar-refractivity contribution in [2.45, 2.75) is 58.8 Å². The molecule has 1 heterocycles. The third-order valence-electron chi connectivity index (χ3n) is 5.97. The summed E-state index contributed by atoms with van der Waals surface area (Å²) in [5, 5.41) is 16.8. The fourth-order valence-corrected chi connectivity index (χ4v) is 4.74. The highest BCUT2D eigenvalue weighted by Crippen LogP contribution is 2.35. The lowest BCUT2D eigenvalue weighted by Crippen LogP contribution is -2.25. The monoisotopic (exact) mass is 540 g/mol. The van der Waals surface area contributed by atoms with E-state index >= 15 is 0 Å². The van der Waals surface area contributed by atoms with Crippen molar-refractivity contribution in [1.29, 1.82) is 0 Å². The van der Waals surface area contributed by atoms with Crippen molar-refractivity contribution in [3.05, 3.63) is 72.7 Å². The Morgan fingerprint density at radius 2 is 1.94 bits per heavy atom. The Kier molecular flexibility index (Phi) is 7.35. The van der Waals surface area contributed by atoms with Crippen LogP contribution < -0.4 is 10.3 Å². The Morgan fingerprint density at radius 1 is 1.23 bits per heavy atom. The number of benzene rings is 2. The Balaban J connectivity index is 1.85. The molecule has 35 heavy (non-hydrogen) atoms. The molecule has 0 aliphatic heterocycles. The Bertz CT molecular complexity index is 1340. The normalized spacial score (nSPS) is 15.1. The molecule has 0 radical (unpaired) electrons. The number of fused-ring (bicyclic) bond motifs is 1. The fraction of sp³-hybridized carbons (Fsp3) is 0.423. The molecule has 1 aromatic heterocycles. The van der Waals surface area contributed by atoms with E-state index in [1.807, 2.05) is 32.9 Å². The zero-order valence-corrected chi connectivity index (χ0v) is 21.7. The zero-order valence-electron chi connectivity index (χ0n) is 20.2. The number of aromatic nitrogens is 2. The third-order valence-corrected chi connectivity index (χ3v) is 6.43. The van der Waals surface area contributed by atoms with Crippen LogP contribution in [0.4, 0.5) is 5.69 Å². The number of para-hydroxylation sites is 1. The van der Waals surface area contributed by atoms with Gasteiger partial charge in [-0.25, -0.2) is 4.98 Å². The van der Waals surface area contributed by atoms with Gasteiger partial charge in [0.2, 0.25) is 5.75 Å². The number of halogens is 1. The van der Waals surface area contributed by atoms with E-state index in [0.717, 1.165) is 25.7 Å². The summed E-state index contributed by atoms with van der Waals surface area (Å²) in [5.41, 5.74) is 0.431. The van der Waals surface area contributed by atoms with Crippen molar-refractivity contribution >= 4 is 38.7 Å². The average molecular weight is 541 g/mol. The lowest BCUT2D eigenvalue weighted by Gasteiger charge is -2.23. The van der Waals surface area contributed by atoms with Crippen molar-refractivity contribution < 1.29 is 9.66 Å². The van der Waals surface area contributed by atoms with Crippen LogP contribution in [0.2, 0.25) is 0 Å². The smallest absolute Gasteiger partial charge is 0.312 e. The van der Waals surface area contributed by atoms with Crippen LogP contribution in [0.3, 0.4) is 0 Å². The van der Waals surface area contributed by atoms with E-state index in [1.165, 1.54) is 23.4 Å². The molecule has 0 amide bonds. The number of nitro benzene ring substituents is 1. The summed E-state index contributed by atoms with van der Waals surface area (Å²) in [7, 11) is 0. The summed E-state index contributed by atoms with van der Waals surface area (Å²) >= 11 is 3.35. The summed E-state index contributed by atoms with van der Waals surface area (Å²) in [6.45, 7) is 6.24. The van der Waals surface area contributed by atoms with Crippen molar-refractivity contribution in [3.63, 3.8) is 0 Å². The minimum Gasteiger partial charge on any atom is -0.486 e. The van der Waals surface area contributed by atoms with E-state index in [-0.39, 0.29) is 34.9 Å². The molecule has 0 bridgehead atoms. The lowest BCUT2D eigenvalue weighted by molar-refractivity contribution is -0.386. The summed E-state index contributed by atoms with van der Waals surface area (Å²) in [6.07, 6.45) is 6.69. The van der Waals surface area contributed by atoms with Crippen LogP contribution in [0.15, 0.2) is 50.8 Å². The van der Waals surface area contributed by atoms with E-state index in [9.17, 15) is 14.9 Å². The predicted octanol–water partition coefficient (Wildman–Crippen LogP) is 6.42. The van der Waals surface area contributed by atoms with Gasteiger partial charge in [0.15, 0.2) is 0 Å². The molecule has 1 aliphatic carbocycles. The average Bonchev–Trinajstić information content (AvgIpc) is 2.82. The van der Waals surface area contributed by atoms with E-state index in [0.29, 0.717) is 26.8 Å². The molecule has 8 nitrogen and oxygen atoms in total. The first-order valence-electron chi connectivity index (χ1n) is 11.8. The molecule has 4 rings (SSSR count). The van der Waals surface area contributed by atoms with Gasteiger partial charge in [0.05, 0.1) is 28.6 Å². The van der Waals surface area contributed by atoms with Gasteiger partial charge in [-0.05, 0) is 36.5 Å².